The summed E-state index contributed by atoms with van der Waals surface area (Å²) in [6.07, 6.45) is 4.33. The summed E-state index contributed by atoms with van der Waals surface area (Å²) >= 11 is 0. The van der Waals surface area contributed by atoms with Gasteiger partial charge in [0.1, 0.15) is 11.7 Å². The second-order valence-electron chi connectivity index (χ2n) is 7.77. The number of esters is 1. The Morgan fingerprint density at radius 3 is 2.58 bits per heavy atom. The molecule has 2 heterocycles. The van der Waals surface area contributed by atoms with Crippen molar-refractivity contribution in [1.29, 1.82) is 0 Å². The molecule has 2 rings (SSSR count). The van der Waals surface area contributed by atoms with E-state index >= 15 is 0 Å². The number of ether oxygens (including phenoxy) is 3. The Labute approximate surface area is 144 Å². The van der Waals surface area contributed by atoms with Crippen molar-refractivity contribution in [2.24, 2.45) is 0 Å². The predicted octanol–water partition coefficient (Wildman–Crippen LogP) is 3.28. The van der Waals surface area contributed by atoms with Crippen LogP contribution in [0.25, 0.3) is 0 Å². The summed E-state index contributed by atoms with van der Waals surface area (Å²) in [6, 6.07) is -0.123. The van der Waals surface area contributed by atoms with Crippen LogP contribution < -0.4 is 0 Å². The molecule has 6 heteroatoms. The van der Waals surface area contributed by atoms with Crippen molar-refractivity contribution in [3.05, 3.63) is 0 Å². The van der Waals surface area contributed by atoms with Crippen molar-refractivity contribution in [3.63, 3.8) is 0 Å². The Morgan fingerprint density at radius 1 is 1.21 bits per heavy atom. The second-order valence-corrected chi connectivity index (χ2v) is 7.77. The van der Waals surface area contributed by atoms with Crippen molar-refractivity contribution in [3.8, 4) is 0 Å². The fourth-order valence-corrected chi connectivity index (χ4v) is 3.32. The fraction of sp³-hybridized carbons (Fsp3) is 0.889. The lowest BCUT2D eigenvalue weighted by Gasteiger charge is -2.39. The van der Waals surface area contributed by atoms with E-state index in [-0.39, 0.29) is 30.3 Å². The zero-order chi connectivity index (χ0) is 17.7. The molecule has 0 aromatic rings. The zero-order valence-corrected chi connectivity index (χ0v) is 15.4. The SMILES string of the molecule is CC(OC(=O)CC1CCCO1)C1CCCCN1C(=O)OC(C)(C)C. The minimum atomic E-state index is -0.529. The normalized spacial score (nSPS) is 26.1. The maximum absolute atomic E-state index is 12.4. The summed E-state index contributed by atoms with van der Waals surface area (Å²) < 4.78 is 16.6. The lowest BCUT2D eigenvalue weighted by molar-refractivity contribution is -0.154. The summed E-state index contributed by atoms with van der Waals surface area (Å²) in [6.45, 7) is 8.80. The second kappa shape index (κ2) is 8.19. The number of rotatable bonds is 4. The van der Waals surface area contributed by atoms with Crippen molar-refractivity contribution in [1.82, 2.24) is 4.90 Å². The molecule has 2 aliphatic rings. The number of likely N-dealkylation sites (tertiary alicyclic amines) is 1. The van der Waals surface area contributed by atoms with Crippen LogP contribution in [0.5, 0.6) is 0 Å². The first-order chi connectivity index (χ1) is 11.3. The standard InChI is InChI=1S/C18H31NO5/c1-13(23-16(20)12-14-8-7-11-22-14)15-9-5-6-10-19(15)17(21)24-18(2,3)4/h13-15H,5-12H2,1-4H3. The minimum absolute atomic E-state index is 0.0157. The lowest BCUT2D eigenvalue weighted by atomic mass is 9.98. The van der Waals surface area contributed by atoms with Crippen LogP contribution in [0.4, 0.5) is 4.79 Å². The molecule has 2 saturated heterocycles. The molecule has 3 atom stereocenters. The van der Waals surface area contributed by atoms with E-state index in [1.165, 1.54) is 0 Å². The monoisotopic (exact) mass is 341 g/mol. The number of nitrogens with zero attached hydrogens (tertiary/aromatic N) is 1. The van der Waals surface area contributed by atoms with E-state index in [2.05, 4.69) is 0 Å². The average Bonchev–Trinajstić information content (AvgIpc) is 2.98. The minimum Gasteiger partial charge on any atom is -0.460 e. The Hall–Kier alpha value is -1.30. The molecule has 3 unspecified atom stereocenters. The van der Waals surface area contributed by atoms with Crippen LogP contribution in [0.2, 0.25) is 0 Å². The molecule has 24 heavy (non-hydrogen) atoms. The average molecular weight is 341 g/mol. The van der Waals surface area contributed by atoms with Crippen molar-refractivity contribution in [2.75, 3.05) is 13.2 Å². The van der Waals surface area contributed by atoms with Crippen molar-refractivity contribution in [2.45, 2.75) is 90.1 Å². The molecule has 0 aromatic carbocycles. The van der Waals surface area contributed by atoms with Crippen LogP contribution in [-0.2, 0) is 19.0 Å². The van der Waals surface area contributed by atoms with Gasteiger partial charge in [0, 0.05) is 13.2 Å². The first-order valence-corrected chi connectivity index (χ1v) is 9.07. The summed E-state index contributed by atoms with van der Waals surface area (Å²) in [5.41, 5.74) is -0.529. The van der Waals surface area contributed by atoms with Gasteiger partial charge in [-0.15, -0.1) is 0 Å². The maximum atomic E-state index is 12.4. The molecule has 1 amide bonds. The number of amides is 1. The van der Waals surface area contributed by atoms with Gasteiger partial charge < -0.3 is 19.1 Å². The number of hydrogen-bond acceptors (Lipinski definition) is 5. The number of piperidine rings is 1. The highest BCUT2D eigenvalue weighted by molar-refractivity contribution is 5.71. The fourth-order valence-electron chi connectivity index (χ4n) is 3.32. The third-order valence-corrected chi connectivity index (χ3v) is 4.45. The van der Waals surface area contributed by atoms with Gasteiger partial charge in [-0.2, -0.15) is 0 Å². The zero-order valence-electron chi connectivity index (χ0n) is 15.4. The van der Waals surface area contributed by atoms with E-state index in [1.54, 1.807) is 4.90 Å². The Morgan fingerprint density at radius 2 is 1.96 bits per heavy atom. The van der Waals surface area contributed by atoms with Gasteiger partial charge in [0.2, 0.25) is 0 Å². The highest BCUT2D eigenvalue weighted by Gasteiger charge is 2.35. The Bertz CT molecular complexity index is 439. The molecule has 0 radical (unpaired) electrons. The Balaban J connectivity index is 1.90. The largest absolute Gasteiger partial charge is 0.460 e. The summed E-state index contributed by atoms with van der Waals surface area (Å²) in [7, 11) is 0. The number of carbonyl (C=O) groups excluding carboxylic acids is 2. The van der Waals surface area contributed by atoms with Crippen LogP contribution in [0.15, 0.2) is 0 Å². The molecule has 0 aliphatic carbocycles. The van der Waals surface area contributed by atoms with E-state index in [4.69, 9.17) is 14.2 Å². The molecule has 0 spiro atoms. The third kappa shape index (κ3) is 5.65. The van der Waals surface area contributed by atoms with E-state index < -0.39 is 5.60 Å². The third-order valence-electron chi connectivity index (χ3n) is 4.45. The van der Waals surface area contributed by atoms with Gasteiger partial charge in [-0.1, -0.05) is 0 Å². The highest BCUT2D eigenvalue weighted by Crippen LogP contribution is 2.25. The van der Waals surface area contributed by atoms with Crippen molar-refractivity contribution >= 4 is 12.1 Å². The summed E-state index contributed by atoms with van der Waals surface area (Å²) in [5.74, 6) is -0.246. The van der Waals surface area contributed by atoms with Crippen LogP contribution >= 0.6 is 0 Å². The van der Waals surface area contributed by atoms with E-state index in [0.717, 1.165) is 38.7 Å². The van der Waals surface area contributed by atoms with Gasteiger partial charge in [-0.3, -0.25) is 4.79 Å². The van der Waals surface area contributed by atoms with Gasteiger partial charge >= 0.3 is 12.1 Å². The van der Waals surface area contributed by atoms with Crippen LogP contribution in [0, 0.1) is 0 Å². The molecule has 0 bridgehead atoms. The molecule has 0 aromatic heterocycles. The maximum Gasteiger partial charge on any atom is 0.410 e. The topological polar surface area (TPSA) is 65.1 Å². The first kappa shape index (κ1) is 19.0. The van der Waals surface area contributed by atoms with E-state index in [9.17, 15) is 9.59 Å². The van der Waals surface area contributed by atoms with Gasteiger partial charge in [0.15, 0.2) is 0 Å². The van der Waals surface area contributed by atoms with Crippen molar-refractivity contribution < 1.29 is 23.8 Å². The molecule has 6 nitrogen and oxygen atoms in total. The van der Waals surface area contributed by atoms with Crippen LogP contribution in [0.3, 0.4) is 0 Å². The predicted molar refractivity (Wildman–Crippen MR) is 89.7 cm³/mol. The number of hydrogen-bond donors (Lipinski definition) is 0. The Kier molecular flexibility index (Phi) is 6.49. The molecule has 0 N–H and O–H groups in total. The molecule has 2 aliphatic heterocycles. The van der Waals surface area contributed by atoms with Gasteiger partial charge in [-0.25, -0.2) is 4.79 Å². The summed E-state index contributed by atoms with van der Waals surface area (Å²) in [5, 5.41) is 0. The van der Waals surface area contributed by atoms with E-state index in [0.29, 0.717) is 13.0 Å². The molecular weight excluding hydrogens is 310 g/mol. The number of carbonyl (C=O) groups is 2. The first-order valence-electron chi connectivity index (χ1n) is 9.07. The van der Waals surface area contributed by atoms with Crippen LogP contribution in [-0.4, -0.2) is 54.0 Å². The quantitative estimate of drug-likeness (QED) is 0.734. The smallest absolute Gasteiger partial charge is 0.410 e. The molecule has 138 valence electrons. The molecule has 2 fully saturated rings. The lowest BCUT2D eigenvalue weighted by Crippen LogP contribution is -2.51. The molecule has 0 saturated carbocycles. The van der Waals surface area contributed by atoms with E-state index in [1.807, 2.05) is 27.7 Å². The van der Waals surface area contributed by atoms with Crippen LogP contribution in [0.1, 0.15) is 66.2 Å². The van der Waals surface area contributed by atoms with Gasteiger partial charge in [0.05, 0.1) is 18.6 Å². The summed E-state index contributed by atoms with van der Waals surface area (Å²) in [4.78, 5) is 26.3. The van der Waals surface area contributed by atoms with Gasteiger partial charge in [-0.05, 0) is 59.8 Å². The molecular formula is C18H31NO5. The highest BCUT2D eigenvalue weighted by atomic mass is 16.6. The van der Waals surface area contributed by atoms with Gasteiger partial charge in [0.25, 0.3) is 0 Å².